The van der Waals surface area contributed by atoms with Crippen LogP contribution in [0.15, 0.2) is 36.4 Å². The predicted octanol–water partition coefficient (Wildman–Crippen LogP) is 3.85. The van der Waals surface area contributed by atoms with Gasteiger partial charge in [0.05, 0.1) is 6.61 Å². The molecule has 1 aromatic carbocycles. The number of thiophene rings is 1. The van der Waals surface area contributed by atoms with Gasteiger partial charge >= 0.3 is 0 Å². The summed E-state index contributed by atoms with van der Waals surface area (Å²) in [6.07, 6.45) is 1.14. The maximum absolute atomic E-state index is 12.5. The summed E-state index contributed by atoms with van der Waals surface area (Å²) in [5.41, 5.74) is 1.05. The second kappa shape index (κ2) is 9.97. The van der Waals surface area contributed by atoms with Crippen LogP contribution in [0.4, 0.5) is 0 Å². The SMILES string of the molecule is CCOc1cc(-c2ccccc2)sc1C(=O)NCCC(=O)NC(C)CC. The number of carbonyl (C=O) groups is 2. The summed E-state index contributed by atoms with van der Waals surface area (Å²) >= 11 is 1.40. The molecule has 26 heavy (non-hydrogen) atoms. The largest absolute Gasteiger partial charge is 0.492 e. The quantitative estimate of drug-likeness (QED) is 0.701. The number of ether oxygens (including phenoxy) is 1. The monoisotopic (exact) mass is 374 g/mol. The summed E-state index contributed by atoms with van der Waals surface area (Å²) in [5.74, 6) is 0.315. The number of nitrogens with one attached hydrogen (secondary N) is 2. The zero-order chi connectivity index (χ0) is 18.9. The highest BCUT2D eigenvalue weighted by atomic mass is 32.1. The number of amides is 2. The van der Waals surface area contributed by atoms with E-state index in [9.17, 15) is 9.59 Å². The zero-order valence-corrected chi connectivity index (χ0v) is 16.3. The van der Waals surface area contributed by atoms with Crippen LogP contribution < -0.4 is 15.4 Å². The van der Waals surface area contributed by atoms with E-state index in [1.807, 2.05) is 57.2 Å². The molecule has 0 radical (unpaired) electrons. The van der Waals surface area contributed by atoms with Gasteiger partial charge in [-0.05, 0) is 31.9 Å². The smallest absolute Gasteiger partial charge is 0.265 e. The number of hydrogen-bond donors (Lipinski definition) is 2. The molecule has 0 saturated heterocycles. The summed E-state index contributed by atoms with van der Waals surface area (Å²) in [6.45, 7) is 6.65. The Labute approximate surface area is 158 Å². The first-order valence-corrected chi connectivity index (χ1v) is 9.76. The molecule has 0 aliphatic carbocycles. The molecule has 0 saturated carbocycles. The molecule has 1 aromatic heterocycles. The van der Waals surface area contributed by atoms with Crippen molar-refractivity contribution in [3.63, 3.8) is 0 Å². The Morgan fingerprint density at radius 3 is 2.58 bits per heavy atom. The molecule has 1 atom stereocenters. The molecule has 2 rings (SSSR count). The van der Waals surface area contributed by atoms with Crippen molar-refractivity contribution >= 4 is 23.2 Å². The third-order valence-corrected chi connectivity index (χ3v) is 5.08. The molecule has 0 aliphatic rings. The van der Waals surface area contributed by atoms with E-state index in [2.05, 4.69) is 10.6 Å². The summed E-state index contributed by atoms with van der Waals surface area (Å²) in [6, 6.07) is 11.9. The summed E-state index contributed by atoms with van der Waals surface area (Å²) in [7, 11) is 0. The van der Waals surface area contributed by atoms with Gasteiger partial charge in [0.2, 0.25) is 5.91 Å². The molecule has 0 aliphatic heterocycles. The Morgan fingerprint density at radius 2 is 1.92 bits per heavy atom. The molecule has 140 valence electrons. The van der Waals surface area contributed by atoms with Crippen LogP contribution in [0.25, 0.3) is 10.4 Å². The van der Waals surface area contributed by atoms with Gasteiger partial charge in [0, 0.05) is 23.9 Å². The van der Waals surface area contributed by atoms with Gasteiger partial charge in [0.25, 0.3) is 5.91 Å². The lowest BCUT2D eigenvalue weighted by Gasteiger charge is -2.11. The van der Waals surface area contributed by atoms with Crippen molar-refractivity contribution in [3.8, 4) is 16.2 Å². The Kier molecular flexibility index (Phi) is 7.66. The maximum Gasteiger partial charge on any atom is 0.265 e. The first kappa shape index (κ1) is 20.0. The average Bonchev–Trinajstić information content (AvgIpc) is 3.06. The van der Waals surface area contributed by atoms with Crippen molar-refractivity contribution in [2.75, 3.05) is 13.2 Å². The van der Waals surface area contributed by atoms with Crippen LogP contribution in [0.2, 0.25) is 0 Å². The molecule has 1 heterocycles. The summed E-state index contributed by atoms with van der Waals surface area (Å²) < 4.78 is 5.63. The van der Waals surface area contributed by atoms with Gasteiger partial charge in [-0.25, -0.2) is 0 Å². The fourth-order valence-corrected chi connectivity index (χ4v) is 3.38. The van der Waals surface area contributed by atoms with Crippen LogP contribution >= 0.6 is 11.3 Å². The first-order chi connectivity index (χ1) is 12.5. The minimum atomic E-state index is -0.211. The lowest BCUT2D eigenvalue weighted by atomic mass is 10.2. The van der Waals surface area contributed by atoms with Gasteiger partial charge in [-0.15, -0.1) is 11.3 Å². The Bertz CT molecular complexity index is 728. The lowest BCUT2D eigenvalue weighted by Crippen LogP contribution is -2.35. The molecule has 5 nitrogen and oxygen atoms in total. The number of rotatable bonds is 9. The molecular weight excluding hydrogens is 348 g/mol. The van der Waals surface area contributed by atoms with Crippen LogP contribution in [0.3, 0.4) is 0 Å². The van der Waals surface area contributed by atoms with E-state index in [0.29, 0.717) is 23.8 Å². The van der Waals surface area contributed by atoms with Gasteiger partial charge < -0.3 is 15.4 Å². The maximum atomic E-state index is 12.5. The van der Waals surface area contributed by atoms with E-state index < -0.39 is 0 Å². The molecule has 2 aromatic rings. The lowest BCUT2D eigenvalue weighted by molar-refractivity contribution is -0.121. The predicted molar refractivity (Wildman–Crippen MR) is 106 cm³/mol. The second-order valence-corrected chi connectivity index (χ2v) is 7.04. The third kappa shape index (κ3) is 5.59. The number of carbonyl (C=O) groups excluding carboxylic acids is 2. The van der Waals surface area contributed by atoms with E-state index >= 15 is 0 Å². The highest BCUT2D eigenvalue weighted by Gasteiger charge is 2.18. The fraction of sp³-hybridized carbons (Fsp3) is 0.400. The van der Waals surface area contributed by atoms with E-state index in [1.165, 1.54) is 11.3 Å². The van der Waals surface area contributed by atoms with Crippen molar-refractivity contribution < 1.29 is 14.3 Å². The van der Waals surface area contributed by atoms with Gasteiger partial charge in [0.1, 0.15) is 10.6 Å². The summed E-state index contributed by atoms with van der Waals surface area (Å²) in [5, 5.41) is 5.70. The van der Waals surface area contributed by atoms with Crippen LogP contribution in [0.1, 0.15) is 43.3 Å². The second-order valence-electron chi connectivity index (χ2n) is 5.99. The van der Waals surface area contributed by atoms with Gasteiger partial charge in [-0.1, -0.05) is 37.3 Å². The van der Waals surface area contributed by atoms with E-state index in [4.69, 9.17) is 4.74 Å². The Balaban J connectivity index is 2.01. The van der Waals surface area contributed by atoms with Gasteiger partial charge in [-0.3, -0.25) is 9.59 Å². The van der Waals surface area contributed by atoms with Crippen molar-refractivity contribution in [2.45, 2.75) is 39.7 Å². The standard InChI is InChI=1S/C20H26N2O3S/c1-4-14(3)22-18(23)11-12-21-20(24)19-16(25-5-2)13-17(26-19)15-9-7-6-8-10-15/h6-10,13-14H,4-5,11-12H2,1-3H3,(H,21,24)(H,22,23). The highest BCUT2D eigenvalue weighted by Crippen LogP contribution is 2.36. The van der Waals surface area contributed by atoms with Gasteiger partial charge in [0.15, 0.2) is 0 Å². The first-order valence-electron chi connectivity index (χ1n) is 8.94. The van der Waals surface area contributed by atoms with Crippen molar-refractivity contribution in [1.82, 2.24) is 10.6 Å². The highest BCUT2D eigenvalue weighted by molar-refractivity contribution is 7.17. The molecular formula is C20H26N2O3S. The normalized spacial score (nSPS) is 11.7. The van der Waals surface area contributed by atoms with Crippen molar-refractivity contribution in [1.29, 1.82) is 0 Å². The van der Waals surface area contributed by atoms with E-state index in [-0.39, 0.29) is 24.3 Å². The molecule has 2 N–H and O–H groups in total. The van der Waals surface area contributed by atoms with Crippen LogP contribution in [0, 0.1) is 0 Å². The van der Waals surface area contributed by atoms with Crippen molar-refractivity contribution in [2.24, 2.45) is 0 Å². The van der Waals surface area contributed by atoms with Gasteiger partial charge in [-0.2, -0.15) is 0 Å². The van der Waals surface area contributed by atoms with E-state index in [0.717, 1.165) is 16.9 Å². The molecule has 2 amide bonds. The molecule has 0 fully saturated rings. The average molecular weight is 375 g/mol. The number of hydrogen-bond acceptors (Lipinski definition) is 4. The molecule has 0 bridgehead atoms. The molecule has 1 unspecified atom stereocenters. The molecule has 0 spiro atoms. The summed E-state index contributed by atoms with van der Waals surface area (Å²) in [4.78, 5) is 25.9. The minimum Gasteiger partial charge on any atom is -0.492 e. The van der Waals surface area contributed by atoms with Crippen LogP contribution in [-0.2, 0) is 4.79 Å². The number of benzene rings is 1. The van der Waals surface area contributed by atoms with E-state index in [1.54, 1.807) is 0 Å². The molecule has 6 heteroatoms. The minimum absolute atomic E-state index is 0.0548. The third-order valence-electron chi connectivity index (χ3n) is 3.92. The van der Waals surface area contributed by atoms with Crippen LogP contribution in [-0.4, -0.2) is 31.0 Å². The Morgan fingerprint density at radius 1 is 1.19 bits per heavy atom. The van der Waals surface area contributed by atoms with Crippen molar-refractivity contribution in [3.05, 3.63) is 41.3 Å². The fourth-order valence-electron chi connectivity index (χ4n) is 2.36. The topological polar surface area (TPSA) is 67.4 Å². The Hall–Kier alpha value is -2.34. The van der Waals surface area contributed by atoms with Crippen LogP contribution in [0.5, 0.6) is 5.75 Å². The zero-order valence-electron chi connectivity index (χ0n) is 15.5.